The molecule has 102 valence electrons. The van der Waals surface area contributed by atoms with E-state index >= 15 is 0 Å². The lowest BCUT2D eigenvalue weighted by Gasteiger charge is -2.39. The molecule has 1 unspecified atom stereocenters. The van der Waals surface area contributed by atoms with Crippen LogP contribution in [0, 0.1) is 5.92 Å². The molecule has 0 saturated heterocycles. The van der Waals surface area contributed by atoms with Gasteiger partial charge in [0.15, 0.2) is 0 Å². The average Bonchev–Trinajstić information content (AvgIpc) is 2.36. The molecule has 0 fully saturated rings. The number of likely N-dealkylation sites (N-methyl/N-ethyl adjacent to an activating group) is 1. The van der Waals surface area contributed by atoms with E-state index in [9.17, 15) is 0 Å². The topological polar surface area (TPSA) is 42.1 Å². The van der Waals surface area contributed by atoms with Crippen molar-refractivity contribution >= 4 is 0 Å². The van der Waals surface area contributed by atoms with Crippen molar-refractivity contribution in [2.24, 2.45) is 11.7 Å². The van der Waals surface area contributed by atoms with Crippen molar-refractivity contribution in [1.29, 1.82) is 0 Å². The van der Waals surface area contributed by atoms with Gasteiger partial charge in [0.25, 0.3) is 0 Å². The van der Waals surface area contributed by atoms with Gasteiger partial charge in [0, 0.05) is 31.0 Å². The zero-order chi connectivity index (χ0) is 13.6. The zero-order valence-electron chi connectivity index (χ0n) is 12.2. The number of pyridine rings is 1. The molecule has 18 heavy (non-hydrogen) atoms. The summed E-state index contributed by atoms with van der Waals surface area (Å²) in [5.41, 5.74) is 7.41. The maximum atomic E-state index is 5.97. The Morgan fingerprint density at radius 2 is 1.94 bits per heavy atom. The van der Waals surface area contributed by atoms with Gasteiger partial charge in [0.1, 0.15) is 0 Å². The standard InChI is InChI=1S/C15H27N3/c1-13(2)11-15(3,12-16)18(4)10-7-14-5-8-17-9-6-14/h5-6,8-9,13H,7,10-12,16H2,1-4H3. The lowest BCUT2D eigenvalue weighted by molar-refractivity contribution is 0.120. The molecule has 0 aliphatic heterocycles. The molecule has 0 aromatic carbocycles. The summed E-state index contributed by atoms with van der Waals surface area (Å²) in [5.74, 6) is 0.668. The predicted octanol–water partition coefficient (Wildman–Crippen LogP) is 2.32. The molecule has 3 nitrogen and oxygen atoms in total. The van der Waals surface area contributed by atoms with E-state index in [0.29, 0.717) is 12.5 Å². The van der Waals surface area contributed by atoms with Gasteiger partial charge < -0.3 is 5.73 Å². The van der Waals surface area contributed by atoms with Crippen LogP contribution >= 0.6 is 0 Å². The van der Waals surface area contributed by atoms with Crippen molar-refractivity contribution in [2.75, 3.05) is 20.1 Å². The van der Waals surface area contributed by atoms with Crippen LogP contribution in [0.2, 0.25) is 0 Å². The highest BCUT2D eigenvalue weighted by molar-refractivity contribution is 5.10. The lowest BCUT2D eigenvalue weighted by Crippen LogP contribution is -2.51. The van der Waals surface area contributed by atoms with Crippen LogP contribution in [0.5, 0.6) is 0 Å². The molecular formula is C15H27N3. The first-order valence-electron chi connectivity index (χ1n) is 6.78. The lowest BCUT2D eigenvalue weighted by atomic mass is 9.89. The second kappa shape index (κ2) is 6.86. The van der Waals surface area contributed by atoms with Crippen molar-refractivity contribution in [2.45, 2.75) is 39.2 Å². The Balaban J connectivity index is 2.55. The monoisotopic (exact) mass is 249 g/mol. The molecule has 1 heterocycles. The summed E-state index contributed by atoms with van der Waals surface area (Å²) in [6.07, 6.45) is 5.89. The Morgan fingerprint density at radius 1 is 1.33 bits per heavy atom. The molecule has 0 aliphatic rings. The van der Waals surface area contributed by atoms with Crippen LogP contribution in [0.1, 0.15) is 32.8 Å². The summed E-state index contributed by atoms with van der Waals surface area (Å²) >= 11 is 0. The quantitative estimate of drug-likeness (QED) is 0.806. The first-order valence-corrected chi connectivity index (χ1v) is 6.78. The van der Waals surface area contributed by atoms with E-state index in [1.165, 1.54) is 5.56 Å². The van der Waals surface area contributed by atoms with E-state index in [0.717, 1.165) is 19.4 Å². The van der Waals surface area contributed by atoms with Gasteiger partial charge in [-0.2, -0.15) is 0 Å². The third-order valence-corrected chi connectivity index (χ3v) is 3.69. The Kier molecular flexibility index (Phi) is 5.76. The SMILES string of the molecule is CC(C)CC(C)(CN)N(C)CCc1ccncc1. The highest BCUT2D eigenvalue weighted by Gasteiger charge is 2.28. The molecule has 0 saturated carbocycles. The summed E-state index contributed by atoms with van der Waals surface area (Å²) in [4.78, 5) is 6.44. The summed E-state index contributed by atoms with van der Waals surface area (Å²) in [6.45, 7) is 8.51. The molecular weight excluding hydrogens is 222 g/mol. The minimum Gasteiger partial charge on any atom is -0.329 e. The number of hydrogen-bond donors (Lipinski definition) is 1. The van der Waals surface area contributed by atoms with Gasteiger partial charge in [-0.05, 0) is 50.4 Å². The molecule has 1 rings (SSSR count). The fourth-order valence-corrected chi connectivity index (χ4v) is 2.39. The minimum absolute atomic E-state index is 0.0984. The van der Waals surface area contributed by atoms with Crippen LogP contribution in [0.3, 0.4) is 0 Å². The number of rotatable bonds is 7. The summed E-state index contributed by atoms with van der Waals surface area (Å²) in [6, 6.07) is 4.16. The van der Waals surface area contributed by atoms with E-state index < -0.39 is 0 Å². The number of nitrogens with zero attached hydrogens (tertiary/aromatic N) is 2. The molecule has 1 aromatic rings. The number of aromatic nitrogens is 1. The Morgan fingerprint density at radius 3 is 2.44 bits per heavy atom. The number of hydrogen-bond acceptors (Lipinski definition) is 3. The first kappa shape index (κ1) is 15.1. The second-order valence-corrected chi connectivity index (χ2v) is 5.83. The molecule has 0 aliphatic carbocycles. The van der Waals surface area contributed by atoms with Crippen molar-refractivity contribution in [3.8, 4) is 0 Å². The largest absolute Gasteiger partial charge is 0.329 e. The van der Waals surface area contributed by atoms with E-state index in [1.807, 2.05) is 12.4 Å². The Bertz CT molecular complexity index is 337. The first-order chi connectivity index (χ1) is 8.48. The third kappa shape index (κ3) is 4.39. The van der Waals surface area contributed by atoms with Gasteiger partial charge in [0.2, 0.25) is 0 Å². The summed E-state index contributed by atoms with van der Waals surface area (Å²) in [5, 5.41) is 0. The predicted molar refractivity (Wildman–Crippen MR) is 77.5 cm³/mol. The molecule has 0 spiro atoms. The Hall–Kier alpha value is -0.930. The van der Waals surface area contributed by atoms with Crippen LogP contribution in [-0.4, -0.2) is 35.6 Å². The maximum Gasteiger partial charge on any atom is 0.0303 e. The molecule has 3 heteroatoms. The van der Waals surface area contributed by atoms with E-state index in [-0.39, 0.29) is 5.54 Å². The third-order valence-electron chi connectivity index (χ3n) is 3.69. The molecule has 0 bridgehead atoms. The smallest absolute Gasteiger partial charge is 0.0303 e. The van der Waals surface area contributed by atoms with Crippen molar-refractivity contribution in [1.82, 2.24) is 9.88 Å². The minimum atomic E-state index is 0.0984. The second-order valence-electron chi connectivity index (χ2n) is 5.83. The molecule has 2 N–H and O–H groups in total. The highest BCUT2D eigenvalue weighted by atomic mass is 15.2. The van der Waals surface area contributed by atoms with Crippen LogP contribution in [0.25, 0.3) is 0 Å². The fraction of sp³-hybridized carbons (Fsp3) is 0.667. The van der Waals surface area contributed by atoms with Gasteiger partial charge in [-0.25, -0.2) is 0 Å². The molecule has 0 amide bonds. The average molecular weight is 249 g/mol. The summed E-state index contributed by atoms with van der Waals surface area (Å²) < 4.78 is 0. The van der Waals surface area contributed by atoms with Crippen molar-refractivity contribution < 1.29 is 0 Å². The van der Waals surface area contributed by atoms with Crippen LogP contribution in [0.15, 0.2) is 24.5 Å². The van der Waals surface area contributed by atoms with E-state index in [1.54, 1.807) is 0 Å². The van der Waals surface area contributed by atoms with Gasteiger partial charge in [-0.3, -0.25) is 9.88 Å². The van der Waals surface area contributed by atoms with Crippen molar-refractivity contribution in [3.05, 3.63) is 30.1 Å². The van der Waals surface area contributed by atoms with Crippen molar-refractivity contribution in [3.63, 3.8) is 0 Å². The normalized spacial score (nSPS) is 15.1. The van der Waals surface area contributed by atoms with Crippen LogP contribution < -0.4 is 5.73 Å². The highest BCUT2D eigenvalue weighted by Crippen LogP contribution is 2.21. The molecule has 1 atom stereocenters. The van der Waals surface area contributed by atoms with Crippen LogP contribution in [-0.2, 0) is 6.42 Å². The van der Waals surface area contributed by atoms with E-state index in [4.69, 9.17) is 5.73 Å². The summed E-state index contributed by atoms with van der Waals surface area (Å²) in [7, 11) is 2.18. The van der Waals surface area contributed by atoms with E-state index in [2.05, 4.69) is 49.8 Å². The van der Waals surface area contributed by atoms with Gasteiger partial charge >= 0.3 is 0 Å². The zero-order valence-corrected chi connectivity index (χ0v) is 12.2. The maximum absolute atomic E-state index is 5.97. The molecule has 1 aromatic heterocycles. The van der Waals surface area contributed by atoms with Gasteiger partial charge in [-0.15, -0.1) is 0 Å². The van der Waals surface area contributed by atoms with Crippen LogP contribution in [0.4, 0.5) is 0 Å². The number of nitrogens with two attached hydrogens (primary N) is 1. The van der Waals surface area contributed by atoms with Gasteiger partial charge in [-0.1, -0.05) is 13.8 Å². The molecule has 0 radical (unpaired) electrons. The Labute approximate surface area is 111 Å². The fourth-order valence-electron chi connectivity index (χ4n) is 2.39. The van der Waals surface area contributed by atoms with Gasteiger partial charge in [0.05, 0.1) is 0 Å².